The molecule has 23 heavy (non-hydrogen) atoms. The van der Waals surface area contributed by atoms with E-state index in [9.17, 15) is 0 Å². The first kappa shape index (κ1) is 16.6. The zero-order valence-corrected chi connectivity index (χ0v) is 15.2. The van der Waals surface area contributed by atoms with E-state index in [0.717, 1.165) is 12.8 Å². The predicted molar refractivity (Wildman–Crippen MR) is 100 cm³/mol. The summed E-state index contributed by atoms with van der Waals surface area (Å²) in [6.07, 6.45) is 2.23. The topological polar surface area (TPSA) is 15.3 Å². The Kier molecular flexibility index (Phi) is 4.86. The molecule has 1 aliphatic rings. The number of nitrogens with one attached hydrogen (secondary N) is 1. The third-order valence-electron chi connectivity index (χ3n) is 4.78. The van der Waals surface area contributed by atoms with E-state index in [1.165, 1.54) is 22.4 Å². The third kappa shape index (κ3) is 3.21. The van der Waals surface area contributed by atoms with E-state index >= 15 is 0 Å². The molecule has 2 atom stereocenters. The van der Waals surface area contributed by atoms with Crippen molar-refractivity contribution < 1.29 is 0 Å². The van der Waals surface area contributed by atoms with Crippen molar-refractivity contribution in [3.8, 4) is 0 Å². The van der Waals surface area contributed by atoms with Gasteiger partial charge in [0.2, 0.25) is 0 Å². The van der Waals surface area contributed by atoms with Crippen LogP contribution in [-0.2, 0) is 0 Å². The molecule has 0 spiro atoms. The lowest BCUT2D eigenvalue weighted by Gasteiger charge is -2.33. The molecule has 2 nitrogen and oxygen atoms in total. The molecule has 0 saturated heterocycles. The van der Waals surface area contributed by atoms with Gasteiger partial charge in [0, 0.05) is 31.7 Å². The molecule has 3 rings (SSSR count). The molecular formula is C19H22Cl2N2. The van der Waals surface area contributed by atoms with Crippen LogP contribution in [0.4, 0.5) is 5.69 Å². The molecule has 0 aliphatic heterocycles. The Morgan fingerprint density at radius 2 is 1.74 bits per heavy atom. The van der Waals surface area contributed by atoms with E-state index < -0.39 is 0 Å². The van der Waals surface area contributed by atoms with Crippen molar-refractivity contribution in [2.45, 2.75) is 24.8 Å². The molecule has 1 N–H and O–H groups in total. The highest BCUT2D eigenvalue weighted by molar-refractivity contribution is 6.42. The second kappa shape index (κ2) is 6.72. The lowest BCUT2D eigenvalue weighted by Crippen LogP contribution is -2.25. The highest BCUT2D eigenvalue weighted by Crippen LogP contribution is 2.43. The van der Waals surface area contributed by atoms with Crippen molar-refractivity contribution in [2.75, 3.05) is 26.0 Å². The quantitative estimate of drug-likeness (QED) is 0.815. The van der Waals surface area contributed by atoms with Crippen LogP contribution in [0.1, 0.15) is 41.5 Å². The van der Waals surface area contributed by atoms with Crippen LogP contribution in [0.5, 0.6) is 0 Å². The number of hydrogen-bond acceptors (Lipinski definition) is 2. The van der Waals surface area contributed by atoms with Gasteiger partial charge < -0.3 is 10.2 Å². The number of hydrogen-bond donors (Lipinski definition) is 1. The van der Waals surface area contributed by atoms with Crippen molar-refractivity contribution in [1.29, 1.82) is 0 Å². The summed E-state index contributed by atoms with van der Waals surface area (Å²) < 4.78 is 0. The highest BCUT2D eigenvalue weighted by atomic mass is 35.5. The Morgan fingerprint density at radius 1 is 0.957 bits per heavy atom. The summed E-state index contributed by atoms with van der Waals surface area (Å²) >= 11 is 12.3. The van der Waals surface area contributed by atoms with Gasteiger partial charge in [0.1, 0.15) is 0 Å². The number of benzene rings is 2. The van der Waals surface area contributed by atoms with Crippen LogP contribution in [0, 0.1) is 0 Å². The van der Waals surface area contributed by atoms with Crippen LogP contribution in [0.25, 0.3) is 0 Å². The third-order valence-corrected chi connectivity index (χ3v) is 5.52. The summed E-state index contributed by atoms with van der Waals surface area (Å²) in [5.74, 6) is 0.376. The lowest BCUT2D eigenvalue weighted by molar-refractivity contribution is 0.471. The van der Waals surface area contributed by atoms with Gasteiger partial charge in [-0.3, -0.25) is 0 Å². The second-order valence-corrected chi connectivity index (χ2v) is 7.17. The van der Waals surface area contributed by atoms with Crippen molar-refractivity contribution in [2.24, 2.45) is 0 Å². The average molecular weight is 349 g/mol. The van der Waals surface area contributed by atoms with Crippen LogP contribution in [-0.4, -0.2) is 21.1 Å². The number of anilines is 1. The zero-order valence-electron chi connectivity index (χ0n) is 13.7. The first-order chi connectivity index (χ1) is 11.0. The number of fused-ring (bicyclic) bond motifs is 1. The van der Waals surface area contributed by atoms with Crippen LogP contribution >= 0.6 is 23.2 Å². The Labute approximate surface area is 148 Å². The number of rotatable bonds is 3. The summed E-state index contributed by atoms with van der Waals surface area (Å²) in [6.45, 7) is 0. The largest absolute Gasteiger partial charge is 0.378 e. The molecule has 2 aromatic rings. The molecule has 0 amide bonds. The molecule has 4 heteroatoms. The van der Waals surface area contributed by atoms with Crippen molar-refractivity contribution in [3.63, 3.8) is 0 Å². The zero-order chi connectivity index (χ0) is 16.6. The van der Waals surface area contributed by atoms with Gasteiger partial charge >= 0.3 is 0 Å². The van der Waals surface area contributed by atoms with E-state index in [0.29, 0.717) is 22.0 Å². The van der Waals surface area contributed by atoms with E-state index in [1.54, 1.807) is 0 Å². The van der Waals surface area contributed by atoms with Gasteiger partial charge in [-0.05, 0) is 60.8 Å². The summed E-state index contributed by atoms with van der Waals surface area (Å²) in [6, 6.07) is 13.2. The summed E-state index contributed by atoms with van der Waals surface area (Å²) in [5.41, 5.74) is 5.26. The number of halogens is 2. The Balaban J connectivity index is 2.07. The first-order valence-corrected chi connectivity index (χ1v) is 8.70. The predicted octanol–water partition coefficient (Wildman–Crippen LogP) is 5.25. The molecule has 1 aliphatic carbocycles. The Hall–Kier alpha value is -1.22. The minimum Gasteiger partial charge on any atom is -0.378 e. The van der Waals surface area contributed by atoms with E-state index in [2.05, 4.69) is 48.6 Å². The highest BCUT2D eigenvalue weighted by Gasteiger charge is 2.28. The fourth-order valence-corrected chi connectivity index (χ4v) is 3.79. The minimum atomic E-state index is 0.376. The maximum atomic E-state index is 6.23. The van der Waals surface area contributed by atoms with Gasteiger partial charge in [-0.25, -0.2) is 0 Å². The maximum absolute atomic E-state index is 6.23. The minimum absolute atomic E-state index is 0.376. The lowest BCUT2D eigenvalue weighted by atomic mass is 9.76. The molecule has 0 heterocycles. The van der Waals surface area contributed by atoms with E-state index in [-0.39, 0.29) is 0 Å². The average Bonchev–Trinajstić information content (AvgIpc) is 2.55. The second-order valence-electron chi connectivity index (χ2n) is 6.35. The van der Waals surface area contributed by atoms with Crippen LogP contribution in [0.15, 0.2) is 36.4 Å². The van der Waals surface area contributed by atoms with E-state index in [4.69, 9.17) is 23.2 Å². The van der Waals surface area contributed by atoms with Gasteiger partial charge in [-0.2, -0.15) is 0 Å². The first-order valence-electron chi connectivity index (χ1n) is 7.94. The Morgan fingerprint density at radius 3 is 2.39 bits per heavy atom. The maximum Gasteiger partial charge on any atom is 0.0595 e. The molecular weight excluding hydrogens is 327 g/mol. The van der Waals surface area contributed by atoms with Crippen LogP contribution < -0.4 is 10.2 Å². The molecule has 0 fully saturated rings. The Bertz CT molecular complexity index is 713. The summed E-state index contributed by atoms with van der Waals surface area (Å²) in [7, 11) is 6.20. The standard InChI is InChI=1S/C19H22Cl2N2/c1-22-19-9-7-14(12-4-8-17(20)18(21)10-12)15-6-5-13(23(2)3)11-16(15)19/h4-6,8,10-11,14,19,22H,7,9H2,1-3H3. The SMILES string of the molecule is CNC1CCC(c2ccc(Cl)c(Cl)c2)c2ccc(N(C)C)cc21. The fourth-order valence-electron chi connectivity index (χ4n) is 3.48. The molecule has 0 radical (unpaired) electrons. The molecule has 122 valence electrons. The molecule has 2 unspecified atom stereocenters. The van der Waals surface area contributed by atoms with Crippen molar-refractivity contribution in [3.05, 3.63) is 63.1 Å². The van der Waals surface area contributed by atoms with Gasteiger partial charge in [-0.1, -0.05) is 35.3 Å². The monoisotopic (exact) mass is 348 g/mol. The summed E-state index contributed by atoms with van der Waals surface area (Å²) in [5, 5.41) is 4.70. The van der Waals surface area contributed by atoms with Gasteiger partial charge in [0.15, 0.2) is 0 Å². The molecule has 2 aromatic carbocycles. The summed E-state index contributed by atoms with van der Waals surface area (Å²) in [4.78, 5) is 2.15. The smallest absolute Gasteiger partial charge is 0.0595 e. The van der Waals surface area contributed by atoms with Crippen molar-refractivity contribution >= 4 is 28.9 Å². The molecule has 0 bridgehead atoms. The van der Waals surface area contributed by atoms with Gasteiger partial charge in [0.05, 0.1) is 10.0 Å². The van der Waals surface area contributed by atoms with Crippen molar-refractivity contribution in [1.82, 2.24) is 5.32 Å². The molecule has 0 aromatic heterocycles. The fraction of sp³-hybridized carbons (Fsp3) is 0.368. The van der Waals surface area contributed by atoms with Gasteiger partial charge in [-0.15, -0.1) is 0 Å². The van der Waals surface area contributed by atoms with Gasteiger partial charge in [0.25, 0.3) is 0 Å². The number of nitrogens with zero attached hydrogens (tertiary/aromatic N) is 1. The van der Waals surface area contributed by atoms with E-state index in [1.807, 2.05) is 19.2 Å². The molecule has 0 saturated carbocycles. The van der Waals surface area contributed by atoms with Crippen LogP contribution in [0.2, 0.25) is 10.0 Å². The normalized spacial score (nSPS) is 20.2. The van der Waals surface area contributed by atoms with Crippen LogP contribution in [0.3, 0.4) is 0 Å².